The van der Waals surface area contributed by atoms with Gasteiger partial charge in [0.05, 0.1) is 6.26 Å². The van der Waals surface area contributed by atoms with Crippen LogP contribution in [0.4, 0.5) is 0 Å². The van der Waals surface area contributed by atoms with Crippen LogP contribution in [0, 0.1) is 0 Å². The van der Waals surface area contributed by atoms with E-state index >= 15 is 0 Å². The third-order valence-corrected chi connectivity index (χ3v) is 5.20. The minimum atomic E-state index is -0.380. The summed E-state index contributed by atoms with van der Waals surface area (Å²) >= 11 is 0. The highest BCUT2D eigenvalue weighted by Crippen LogP contribution is 2.24. The van der Waals surface area contributed by atoms with Crippen molar-refractivity contribution in [3.63, 3.8) is 0 Å². The molecule has 138 valence electrons. The molecule has 2 fully saturated rings. The summed E-state index contributed by atoms with van der Waals surface area (Å²) in [5, 5.41) is 6.96. The molecule has 0 aromatic carbocycles. The van der Waals surface area contributed by atoms with Crippen LogP contribution in [0.15, 0.2) is 28.9 Å². The summed E-state index contributed by atoms with van der Waals surface area (Å²) in [5.41, 5.74) is 0.967. The van der Waals surface area contributed by atoms with Gasteiger partial charge in [-0.15, -0.1) is 0 Å². The lowest BCUT2D eigenvalue weighted by Crippen LogP contribution is -2.53. The molecule has 4 rings (SSSR count). The summed E-state index contributed by atoms with van der Waals surface area (Å²) in [4.78, 5) is 31.6. The van der Waals surface area contributed by atoms with E-state index in [0.717, 1.165) is 32.6 Å². The average molecular weight is 357 g/mol. The normalized spacial score (nSPS) is 21.3. The molecule has 1 unspecified atom stereocenters. The number of nitrogens with one attached hydrogen (secondary N) is 1. The number of aromatic nitrogens is 2. The molecule has 0 aliphatic carbocycles. The van der Waals surface area contributed by atoms with Crippen molar-refractivity contribution in [2.24, 2.45) is 0 Å². The second-order valence-corrected chi connectivity index (χ2v) is 6.93. The molecular weight excluding hydrogens is 334 g/mol. The third kappa shape index (κ3) is 3.12. The zero-order chi connectivity index (χ0) is 18.1. The van der Waals surface area contributed by atoms with E-state index in [1.165, 1.54) is 0 Å². The van der Waals surface area contributed by atoms with Gasteiger partial charge in [-0.3, -0.25) is 14.7 Å². The van der Waals surface area contributed by atoms with Gasteiger partial charge in [0.2, 0.25) is 5.91 Å². The van der Waals surface area contributed by atoms with Crippen molar-refractivity contribution in [1.82, 2.24) is 24.9 Å². The first-order valence-corrected chi connectivity index (χ1v) is 9.01. The van der Waals surface area contributed by atoms with Crippen molar-refractivity contribution in [2.75, 3.05) is 39.8 Å². The molecule has 1 atom stereocenters. The number of likely N-dealkylation sites (N-methyl/N-ethyl adjacent to an activating group) is 1. The zero-order valence-corrected chi connectivity index (χ0v) is 14.9. The Morgan fingerprint density at radius 2 is 2.04 bits per heavy atom. The minimum absolute atomic E-state index is 0.0609. The maximum absolute atomic E-state index is 12.9. The molecule has 26 heavy (non-hydrogen) atoms. The quantitative estimate of drug-likeness (QED) is 0.887. The molecule has 2 saturated heterocycles. The molecule has 0 spiro atoms. The second kappa shape index (κ2) is 6.95. The number of H-pyrrole nitrogens is 1. The number of nitrogens with zero attached hydrogens (tertiary/aromatic N) is 4. The number of furan rings is 1. The van der Waals surface area contributed by atoms with Crippen LogP contribution in [0.1, 0.15) is 23.3 Å². The van der Waals surface area contributed by atoms with Crippen LogP contribution >= 0.6 is 0 Å². The lowest BCUT2D eigenvalue weighted by Gasteiger charge is -2.35. The second-order valence-electron chi connectivity index (χ2n) is 6.93. The summed E-state index contributed by atoms with van der Waals surface area (Å²) in [7, 11) is 2.06. The first-order valence-electron chi connectivity index (χ1n) is 9.01. The monoisotopic (exact) mass is 357 g/mol. The maximum atomic E-state index is 12.9. The van der Waals surface area contributed by atoms with Crippen molar-refractivity contribution in [1.29, 1.82) is 0 Å². The first kappa shape index (κ1) is 16.8. The van der Waals surface area contributed by atoms with Gasteiger partial charge in [0.1, 0.15) is 11.7 Å². The van der Waals surface area contributed by atoms with Gasteiger partial charge in [-0.2, -0.15) is 5.10 Å². The Morgan fingerprint density at radius 3 is 2.77 bits per heavy atom. The lowest BCUT2D eigenvalue weighted by atomic mass is 10.1. The van der Waals surface area contributed by atoms with Gasteiger partial charge in [0, 0.05) is 38.8 Å². The van der Waals surface area contributed by atoms with Crippen LogP contribution in [0.3, 0.4) is 0 Å². The minimum Gasteiger partial charge on any atom is -0.463 e. The predicted octanol–water partition coefficient (Wildman–Crippen LogP) is 1.05. The highest BCUT2D eigenvalue weighted by atomic mass is 16.3. The summed E-state index contributed by atoms with van der Waals surface area (Å²) in [6, 6.07) is 4.88. The third-order valence-electron chi connectivity index (χ3n) is 5.20. The molecule has 0 saturated carbocycles. The van der Waals surface area contributed by atoms with E-state index in [1.54, 1.807) is 29.4 Å². The molecule has 8 nitrogen and oxygen atoms in total. The number of amides is 2. The lowest BCUT2D eigenvalue weighted by molar-refractivity contribution is -0.136. The molecule has 2 aliphatic rings. The van der Waals surface area contributed by atoms with Gasteiger partial charge in [0.15, 0.2) is 11.5 Å². The van der Waals surface area contributed by atoms with Crippen LogP contribution in [-0.4, -0.2) is 82.5 Å². The smallest absolute Gasteiger partial charge is 0.275 e. The van der Waals surface area contributed by atoms with Gasteiger partial charge >= 0.3 is 0 Å². The van der Waals surface area contributed by atoms with Crippen molar-refractivity contribution in [3.05, 3.63) is 30.2 Å². The SMILES string of the molecule is CN1CCN(C(=O)C2CCCN2C(=O)c2cc(-c3ccco3)[nH]n2)CC1. The fraction of sp³-hybridized carbons (Fsp3) is 0.500. The fourth-order valence-corrected chi connectivity index (χ4v) is 3.64. The van der Waals surface area contributed by atoms with Crippen LogP contribution in [0.2, 0.25) is 0 Å². The molecular formula is C18H23N5O3. The van der Waals surface area contributed by atoms with Gasteiger partial charge in [-0.25, -0.2) is 0 Å². The summed E-state index contributed by atoms with van der Waals surface area (Å²) in [6.45, 7) is 3.78. The number of likely N-dealkylation sites (tertiary alicyclic amines) is 1. The van der Waals surface area contributed by atoms with E-state index in [1.807, 2.05) is 4.90 Å². The Labute approximate surface area is 151 Å². The van der Waals surface area contributed by atoms with E-state index in [4.69, 9.17) is 4.42 Å². The van der Waals surface area contributed by atoms with Crippen molar-refractivity contribution in [3.8, 4) is 11.5 Å². The Morgan fingerprint density at radius 1 is 1.23 bits per heavy atom. The molecule has 2 aliphatic heterocycles. The van der Waals surface area contributed by atoms with Crippen molar-refractivity contribution < 1.29 is 14.0 Å². The van der Waals surface area contributed by atoms with Gasteiger partial charge in [0.25, 0.3) is 5.91 Å². The van der Waals surface area contributed by atoms with E-state index < -0.39 is 0 Å². The molecule has 2 aromatic rings. The molecule has 0 radical (unpaired) electrons. The highest BCUT2D eigenvalue weighted by Gasteiger charge is 2.38. The van der Waals surface area contributed by atoms with Crippen LogP contribution in [0.25, 0.3) is 11.5 Å². The molecule has 4 heterocycles. The average Bonchev–Trinajstić information content (AvgIpc) is 3.42. The number of rotatable bonds is 3. The van der Waals surface area contributed by atoms with E-state index in [9.17, 15) is 9.59 Å². The number of carbonyl (C=O) groups excluding carboxylic acids is 2. The van der Waals surface area contributed by atoms with Crippen LogP contribution < -0.4 is 0 Å². The number of piperazine rings is 1. The van der Waals surface area contributed by atoms with Crippen LogP contribution in [-0.2, 0) is 4.79 Å². The Balaban J connectivity index is 1.47. The first-order chi connectivity index (χ1) is 12.6. The number of hydrogen-bond acceptors (Lipinski definition) is 5. The zero-order valence-electron chi connectivity index (χ0n) is 14.9. The van der Waals surface area contributed by atoms with E-state index in [-0.39, 0.29) is 17.9 Å². The van der Waals surface area contributed by atoms with Gasteiger partial charge in [-0.05, 0) is 32.0 Å². The summed E-state index contributed by atoms with van der Waals surface area (Å²) in [6.07, 6.45) is 3.13. The Kier molecular flexibility index (Phi) is 4.50. The number of aromatic amines is 1. The maximum Gasteiger partial charge on any atom is 0.275 e. The van der Waals surface area contributed by atoms with E-state index in [0.29, 0.717) is 30.1 Å². The van der Waals surface area contributed by atoms with Crippen molar-refractivity contribution >= 4 is 11.8 Å². The van der Waals surface area contributed by atoms with Gasteiger partial charge < -0.3 is 19.1 Å². The fourth-order valence-electron chi connectivity index (χ4n) is 3.64. The number of carbonyl (C=O) groups is 2. The number of hydrogen-bond donors (Lipinski definition) is 1. The van der Waals surface area contributed by atoms with Crippen LogP contribution in [0.5, 0.6) is 0 Å². The molecule has 8 heteroatoms. The predicted molar refractivity (Wildman–Crippen MR) is 94.4 cm³/mol. The molecule has 2 aromatic heterocycles. The van der Waals surface area contributed by atoms with Crippen molar-refractivity contribution in [2.45, 2.75) is 18.9 Å². The molecule has 2 amide bonds. The van der Waals surface area contributed by atoms with E-state index in [2.05, 4.69) is 22.1 Å². The standard InChI is InChI=1S/C18H23N5O3/c1-21-7-9-22(10-8-21)18(25)15-4-2-6-23(15)17(24)14-12-13(19-20-14)16-5-3-11-26-16/h3,5,11-12,15H,2,4,6-10H2,1H3,(H,19,20). The Bertz CT molecular complexity index is 777. The summed E-state index contributed by atoms with van der Waals surface area (Å²) < 4.78 is 5.32. The molecule has 1 N–H and O–H groups in total. The topological polar surface area (TPSA) is 85.7 Å². The Hall–Kier alpha value is -2.61. The highest BCUT2D eigenvalue weighted by molar-refractivity contribution is 5.97. The summed E-state index contributed by atoms with van der Waals surface area (Å²) in [5.74, 6) is 0.484. The van der Waals surface area contributed by atoms with Gasteiger partial charge in [-0.1, -0.05) is 0 Å². The largest absolute Gasteiger partial charge is 0.463 e. The molecule has 0 bridgehead atoms.